The van der Waals surface area contributed by atoms with Crippen LogP contribution in [0, 0.1) is 0 Å². The first kappa shape index (κ1) is 91.2. The zero-order chi connectivity index (χ0) is 69.0. The molecule has 0 saturated carbocycles. The first-order valence-electron chi connectivity index (χ1n) is 40.4. The fourth-order valence-corrected chi connectivity index (χ4v) is 11.7. The molecule has 1 N–H and O–H groups in total. The number of likely N-dealkylation sites (N-methyl/N-ethyl adjacent to an activating group) is 1. The van der Waals surface area contributed by atoms with E-state index in [1.807, 2.05) is 21.1 Å². The molecule has 2 atom stereocenters. The van der Waals surface area contributed by atoms with Gasteiger partial charge >= 0.3 is 17.9 Å². The summed E-state index contributed by atoms with van der Waals surface area (Å²) < 4.78 is 23.1. The van der Waals surface area contributed by atoms with Gasteiger partial charge in [-0.1, -0.05) is 361 Å². The molecule has 0 bridgehead atoms. The number of unbranched alkanes of at least 4 members (excludes halogenated alkanes) is 44. The van der Waals surface area contributed by atoms with Crippen LogP contribution in [0.1, 0.15) is 373 Å². The number of ether oxygens (including phenoxy) is 4. The molecule has 0 spiro atoms. The monoisotopic (exact) mass is 1330 g/mol. The number of esters is 2. The van der Waals surface area contributed by atoms with Crippen molar-refractivity contribution in [2.75, 3.05) is 47.5 Å². The van der Waals surface area contributed by atoms with E-state index in [-0.39, 0.29) is 38.2 Å². The minimum Gasteiger partial charge on any atom is -0.477 e. The molecule has 95 heavy (non-hydrogen) atoms. The van der Waals surface area contributed by atoms with E-state index in [0.29, 0.717) is 17.4 Å². The van der Waals surface area contributed by atoms with Gasteiger partial charge in [0.05, 0.1) is 34.4 Å². The first-order valence-corrected chi connectivity index (χ1v) is 40.4. The number of carbonyl (C=O) groups excluding carboxylic acids is 2. The predicted molar refractivity (Wildman–Crippen MR) is 410 cm³/mol. The maximum absolute atomic E-state index is 13.0. The number of rotatable bonds is 75. The number of carboxylic acid groups (broad SMARTS) is 1. The fourth-order valence-electron chi connectivity index (χ4n) is 11.7. The smallest absolute Gasteiger partial charge is 0.361 e. The number of hydrogen-bond donors (Lipinski definition) is 1. The molecule has 0 saturated heterocycles. The number of nitrogens with zero attached hydrogens (tertiary/aromatic N) is 1. The molecule has 0 aromatic carbocycles. The molecule has 0 aliphatic carbocycles. The van der Waals surface area contributed by atoms with Crippen LogP contribution in [-0.4, -0.2) is 87.4 Å². The minimum atomic E-state index is -1.51. The van der Waals surface area contributed by atoms with Crippen molar-refractivity contribution in [2.45, 2.75) is 386 Å². The lowest BCUT2D eigenvalue weighted by Gasteiger charge is -2.25. The fraction of sp³-hybridized carbons (Fsp3) is 0.779. The summed E-state index contributed by atoms with van der Waals surface area (Å²) in [5.41, 5.74) is 0. The Bertz CT molecular complexity index is 1890. The van der Waals surface area contributed by atoms with Crippen LogP contribution in [0.25, 0.3) is 0 Å². The molecule has 9 nitrogen and oxygen atoms in total. The Hall–Kier alpha value is -3.79. The highest BCUT2D eigenvalue weighted by molar-refractivity contribution is 5.71. The van der Waals surface area contributed by atoms with Crippen LogP contribution in [-0.2, 0) is 33.3 Å². The molecule has 2 unspecified atom stereocenters. The molecule has 550 valence electrons. The van der Waals surface area contributed by atoms with Crippen LogP contribution in [0.4, 0.5) is 0 Å². The standard InChI is InChI=1S/C86H153NO8/c1-6-8-10-12-14-16-18-20-22-24-26-28-30-32-34-36-38-40-42-44-46-48-50-52-54-56-58-60-62-64-66-68-70-72-74-76-83(88)93-80-82(81-94-86(85(90)91)92-79-78-87(3,4)5)95-84(89)77-75-73-71-69-67-65-63-61-59-57-55-53-51-49-47-45-43-41-39-37-35-33-31-29-27-25-23-21-19-17-15-13-11-9-7-2/h9,11,15,17-18,20-21,23-24,26-27,29,33,35,39,41,82,86H,6-8,10,12-14,16,19,22,25,28,30-32,34,36-38,40,42-81H2,1-5H3/p+1/b11-9-,17-15-,20-18-,23-21-,26-24-,29-27-,35-33-,41-39-. The normalized spacial score (nSPS) is 13.1. The van der Waals surface area contributed by atoms with Gasteiger partial charge in [-0.2, -0.15) is 0 Å². The van der Waals surface area contributed by atoms with Crippen molar-refractivity contribution < 1.29 is 42.9 Å². The van der Waals surface area contributed by atoms with E-state index in [4.69, 9.17) is 18.9 Å². The van der Waals surface area contributed by atoms with Crippen LogP contribution in [0.15, 0.2) is 97.2 Å². The van der Waals surface area contributed by atoms with Crippen molar-refractivity contribution in [1.29, 1.82) is 0 Å². The molecule has 0 heterocycles. The maximum Gasteiger partial charge on any atom is 0.361 e. The second-order valence-corrected chi connectivity index (χ2v) is 28.3. The Morgan fingerprint density at radius 1 is 0.326 bits per heavy atom. The van der Waals surface area contributed by atoms with Crippen LogP contribution in [0.3, 0.4) is 0 Å². The average molecular weight is 1330 g/mol. The second-order valence-electron chi connectivity index (χ2n) is 28.3. The van der Waals surface area contributed by atoms with Crippen molar-refractivity contribution >= 4 is 17.9 Å². The maximum atomic E-state index is 13.0. The van der Waals surface area contributed by atoms with E-state index in [9.17, 15) is 19.5 Å². The van der Waals surface area contributed by atoms with Gasteiger partial charge in [0.1, 0.15) is 13.2 Å². The van der Waals surface area contributed by atoms with Crippen LogP contribution < -0.4 is 0 Å². The van der Waals surface area contributed by atoms with Gasteiger partial charge in [-0.05, 0) is 96.3 Å². The average Bonchev–Trinajstić information content (AvgIpc) is 3.58. The van der Waals surface area contributed by atoms with Crippen molar-refractivity contribution in [2.24, 2.45) is 0 Å². The number of aliphatic carboxylic acids is 1. The Kier molecular flexibility index (Phi) is 72.9. The number of allylic oxidation sites excluding steroid dienone is 16. The SMILES string of the molecule is CC/C=C\C/C=C\C/C=C\C/C=C\C/C=C\C/C=C\CCCCCCCCCCCCCCCCCCC(=O)OC(COC(=O)CCCCCCCCCCCCCCCCCCCCCCCCC/C=C\C/C=C\CCCCCCC)COC(OCC[N+](C)(C)C)C(=O)O. The summed E-state index contributed by atoms with van der Waals surface area (Å²) in [7, 11) is 5.99. The highest BCUT2D eigenvalue weighted by Gasteiger charge is 2.25. The molecule has 0 aromatic heterocycles. The Balaban J connectivity index is 4.00. The van der Waals surface area contributed by atoms with Crippen LogP contribution in [0.5, 0.6) is 0 Å². The van der Waals surface area contributed by atoms with E-state index in [0.717, 1.165) is 83.5 Å². The summed E-state index contributed by atoms with van der Waals surface area (Å²) in [4.78, 5) is 37.8. The summed E-state index contributed by atoms with van der Waals surface area (Å²) in [5, 5.41) is 9.78. The lowest BCUT2D eigenvalue weighted by Crippen LogP contribution is -2.40. The van der Waals surface area contributed by atoms with Gasteiger partial charge in [0, 0.05) is 12.8 Å². The summed E-state index contributed by atoms with van der Waals surface area (Å²) >= 11 is 0. The van der Waals surface area contributed by atoms with E-state index in [1.54, 1.807) is 0 Å². The van der Waals surface area contributed by atoms with Gasteiger partial charge in [-0.15, -0.1) is 0 Å². The van der Waals surface area contributed by atoms with Crippen molar-refractivity contribution in [1.82, 2.24) is 0 Å². The second kappa shape index (κ2) is 76.0. The van der Waals surface area contributed by atoms with E-state index in [2.05, 4.69) is 111 Å². The van der Waals surface area contributed by atoms with Gasteiger partial charge in [0.2, 0.25) is 0 Å². The Morgan fingerprint density at radius 2 is 0.600 bits per heavy atom. The lowest BCUT2D eigenvalue weighted by molar-refractivity contribution is -0.870. The van der Waals surface area contributed by atoms with Gasteiger partial charge < -0.3 is 28.5 Å². The Labute approximate surface area is 588 Å². The lowest BCUT2D eigenvalue weighted by atomic mass is 10.0. The summed E-state index contributed by atoms with van der Waals surface area (Å²) in [6.45, 7) is 4.80. The zero-order valence-corrected chi connectivity index (χ0v) is 63.1. The number of quaternary nitrogens is 1. The molecular formula is C86H154NO8+. The number of carboxylic acids is 1. The third kappa shape index (κ3) is 77.4. The summed E-state index contributed by atoms with van der Waals surface area (Å²) in [5.74, 6) is -1.98. The third-order valence-corrected chi connectivity index (χ3v) is 17.8. The molecule has 0 radical (unpaired) electrons. The van der Waals surface area contributed by atoms with Gasteiger partial charge in [0.15, 0.2) is 6.10 Å². The van der Waals surface area contributed by atoms with E-state index < -0.39 is 18.4 Å². The quantitative estimate of drug-likeness (QED) is 0.0211. The molecule has 0 fully saturated rings. The van der Waals surface area contributed by atoms with Crippen LogP contribution in [0.2, 0.25) is 0 Å². The van der Waals surface area contributed by atoms with Crippen molar-refractivity contribution in [3.8, 4) is 0 Å². The number of carbonyl (C=O) groups is 3. The molecule has 0 rings (SSSR count). The van der Waals surface area contributed by atoms with Gasteiger partial charge in [-0.25, -0.2) is 4.79 Å². The van der Waals surface area contributed by atoms with Crippen molar-refractivity contribution in [3.63, 3.8) is 0 Å². The molecule has 0 aliphatic rings. The molecule has 0 aromatic rings. The summed E-state index contributed by atoms with van der Waals surface area (Å²) in [6, 6.07) is 0. The predicted octanol–water partition coefficient (Wildman–Crippen LogP) is 25.9. The molecule has 0 aliphatic heterocycles. The van der Waals surface area contributed by atoms with Crippen molar-refractivity contribution in [3.05, 3.63) is 97.2 Å². The highest BCUT2D eigenvalue weighted by Crippen LogP contribution is 2.19. The first-order chi connectivity index (χ1) is 46.6. The third-order valence-electron chi connectivity index (χ3n) is 17.8. The highest BCUT2D eigenvalue weighted by atomic mass is 16.7. The summed E-state index contributed by atoms with van der Waals surface area (Å²) in [6.07, 6.45) is 103. The Morgan fingerprint density at radius 3 is 0.895 bits per heavy atom. The minimum absolute atomic E-state index is 0.180. The zero-order valence-electron chi connectivity index (χ0n) is 63.1. The van der Waals surface area contributed by atoms with Gasteiger partial charge in [-0.3, -0.25) is 9.59 Å². The van der Waals surface area contributed by atoms with Crippen LogP contribution >= 0.6 is 0 Å². The largest absolute Gasteiger partial charge is 0.477 e. The topological polar surface area (TPSA) is 108 Å². The number of hydrogen-bond acceptors (Lipinski definition) is 7. The van der Waals surface area contributed by atoms with E-state index >= 15 is 0 Å². The molecule has 9 heteroatoms. The molecule has 0 amide bonds. The van der Waals surface area contributed by atoms with Gasteiger partial charge in [0.25, 0.3) is 6.29 Å². The van der Waals surface area contributed by atoms with E-state index in [1.165, 1.54) is 263 Å². The molecular weight excluding hydrogens is 1170 g/mol.